The van der Waals surface area contributed by atoms with Crippen molar-refractivity contribution >= 4 is 21.7 Å². The van der Waals surface area contributed by atoms with E-state index in [0.717, 1.165) is 24.3 Å². The normalized spacial score (nSPS) is 16.9. The molecule has 0 radical (unpaired) electrons. The highest BCUT2D eigenvalue weighted by Crippen LogP contribution is 2.30. The van der Waals surface area contributed by atoms with Gasteiger partial charge in [0.1, 0.15) is 0 Å². The molecule has 6 nitrogen and oxygen atoms in total. The van der Waals surface area contributed by atoms with Crippen LogP contribution in [0.1, 0.15) is 23.2 Å². The number of likely N-dealkylation sites (tertiary alicyclic amines) is 1. The van der Waals surface area contributed by atoms with Crippen LogP contribution in [-0.4, -0.2) is 48.9 Å². The first-order valence-electron chi connectivity index (χ1n) is 6.97. The molecule has 1 fully saturated rings. The topological polar surface area (TPSA) is 91.8 Å². The quantitative estimate of drug-likeness (QED) is 0.884. The molecule has 1 amide bonds. The Bertz CT molecular complexity index is 735. The van der Waals surface area contributed by atoms with Crippen LogP contribution in [0.2, 0.25) is 0 Å². The fourth-order valence-electron chi connectivity index (χ4n) is 2.42. The lowest BCUT2D eigenvalue weighted by Crippen LogP contribution is -2.40. The fraction of sp³-hybridized carbons (Fsp3) is 0.429. The van der Waals surface area contributed by atoms with E-state index < -0.39 is 38.0 Å². The smallest absolute Gasteiger partial charge is 0.481 e. The Balaban J connectivity index is 2.12. The Morgan fingerprint density at radius 2 is 1.58 bits per heavy atom. The number of halogens is 3. The van der Waals surface area contributed by atoms with Crippen LogP contribution in [-0.2, 0) is 14.6 Å². The van der Waals surface area contributed by atoms with E-state index in [2.05, 4.69) is 0 Å². The van der Waals surface area contributed by atoms with Gasteiger partial charge in [-0.15, -0.1) is 0 Å². The van der Waals surface area contributed by atoms with Crippen LogP contribution < -0.4 is 0 Å². The number of amides is 1. The van der Waals surface area contributed by atoms with E-state index in [0.29, 0.717) is 12.8 Å². The van der Waals surface area contributed by atoms with Crippen molar-refractivity contribution < 1.29 is 36.3 Å². The predicted octanol–water partition coefficient (Wildman–Crippen LogP) is 1.92. The third-order valence-electron chi connectivity index (χ3n) is 3.85. The van der Waals surface area contributed by atoms with Crippen LogP contribution in [0.3, 0.4) is 0 Å². The molecule has 1 aliphatic heterocycles. The van der Waals surface area contributed by atoms with Crippen molar-refractivity contribution in [1.29, 1.82) is 0 Å². The number of carboxylic acids is 1. The first kappa shape index (κ1) is 18.2. The molecule has 0 saturated carbocycles. The maximum Gasteiger partial charge on any atom is 0.501 e. The van der Waals surface area contributed by atoms with E-state index in [1.807, 2.05) is 0 Å². The van der Waals surface area contributed by atoms with Crippen LogP contribution in [0.4, 0.5) is 13.2 Å². The van der Waals surface area contributed by atoms with Gasteiger partial charge < -0.3 is 10.0 Å². The van der Waals surface area contributed by atoms with Gasteiger partial charge in [0.15, 0.2) is 0 Å². The van der Waals surface area contributed by atoms with E-state index >= 15 is 0 Å². The lowest BCUT2D eigenvalue weighted by atomic mass is 9.96. The molecule has 0 aromatic heterocycles. The van der Waals surface area contributed by atoms with Crippen LogP contribution in [0.25, 0.3) is 0 Å². The first-order chi connectivity index (χ1) is 11.0. The summed E-state index contributed by atoms with van der Waals surface area (Å²) in [5, 5.41) is 8.90. The van der Waals surface area contributed by atoms with Crippen LogP contribution in [0.5, 0.6) is 0 Å². The largest absolute Gasteiger partial charge is 0.501 e. The van der Waals surface area contributed by atoms with Gasteiger partial charge in [-0.25, -0.2) is 8.42 Å². The summed E-state index contributed by atoms with van der Waals surface area (Å²) >= 11 is 0. The number of hydrogen-bond donors (Lipinski definition) is 1. The summed E-state index contributed by atoms with van der Waals surface area (Å²) in [5.41, 5.74) is -5.36. The Hall–Kier alpha value is -2.10. The van der Waals surface area contributed by atoms with E-state index in [1.165, 1.54) is 4.90 Å². The average Bonchev–Trinajstić information content (AvgIpc) is 2.53. The summed E-state index contributed by atoms with van der Waals surface area (Å²) in [5.74, 6) is -1.92. The Kier molecular flexibility index (Phi) is 4.88. The summed E-state index contributed by atoms with van der Waals surface area (Å²) in [6.07, 6.45) is 0.587. The highest BCUT2D eigenvalue weighted by molar-refractivity contribution is 7.92. The zero-order valence-electron chi connectivity index (χ0n) is 12.3. The van der Waals surface area contributed by atoms with Crippen molar-refractivity contribution in [3.8, 4) is 0 Å². The zero-order valence-corrected chi connectivity index (χ0v) is 13.1. The van der Waals surface area contributed by atoms with Gasteiger partial charge >= 0.3 is 11.5 Å². The van der Waals surface area contributed by atoms with Crippen LogP contribution in [0.15, 0.2) is 29.2 Å². The van der Waals surface area contributed by atoms with Gasteiger partial charge in [0.2, 0.25) is 0 Å². The molecule has 10 heteroatoms. The zero-order chi connectivity index (χ0) is 18.1. The van der Waals surface area contributed by atoms with Crippen molar-refractivity contribution in [1.82, 2.24) is 4.90 Å². The number of rotatable bonds is 3. The number of nitrogens with zero attached hydrogens (tertiary/aromatic N) is 1. The average molecular weight is 365 g/mol. The van der Waals surface area contributed by atoms with Gasteiger partial charge in [-0.05, 0) is 37.1 Å². The van der Waals surface area contributed by atoms with Gasteiger partial charge in [0, 0.05) is 18.7 Å². The first-order valence-corrected chi connectivity index (χ1v) is 8.46. The number of benzene rings is 1. The summed E-state index contributed by atoms with van der Waals surface area (Å²) in [4.78, 5) is 23.6. The van der Waals surface area contributed by atoms with Crippen LogP contribution in [0, 0.1) is 5.92 Å². The molecular weight excluding hydrogens is 351 g/mol. The van der Waals surface area contributed by atoms with E-state index in [4.69, 9.17) is 5.11 Å². The monoisotopic (exact) mass is 365 g/mol. The molecular formula is C14H14F3NO5S. The second-order valence-corrected chi connectivity index (χ2v) is 7.32. The molecule has 1 aliphatic rings. The number of alkyl halides is 3. The number of sulfone groups is 1. The van der Waals surface area contributed by atoms with E-state index in [-0.39, 0.29) is 18.7 Å². The third-order valence-corrected chi connectivity index (χ3v) is 5.35. The van der Waals surface area contributed by atoms with E-state index in [9.17, 15) is 31.2 Å². The molecule has 0 spiro atoms. The second-order valence-electron chi connectivity index (χ2n) is 5.38. The molecule has 24 heavy (non-hydrogen) atoms. The highest BCUT2D eigenvalue weighted by atomic mass is 32.2. The minimum Gasteiger partial charge on any atom is -0.481 e. The predicted molar refractivity (Wildman–Crippen MR) is 75.9 cm³/mol. The SMILES string of the molecule is O=C(O)C1CCN(C(=O)c2ccc(S(=O)(=O)C(F)(F)F)cc2)CC1. The molecule has 2 rings (SSSR count). The molecule has 1 saturated heterocycles. The molecule has 1 aromatic rings. The molecule has 132 valence electrons. The van der Waals surface area contributed by atoms with Gasteiger partial charge in [-0.3, -0.25) is 9.59 Å². The molecule has 1 aromatic carbocycles. The number of aliphatic carboxylic acids is 1. The standard InChI is InChI=1S/C14H14F3NO5S/c15-14(16,17)24(22,23)11-3-1-9(2-4-11)12(19)18-7-5-10(6-8-18)13(20)21/h1-4,10H,5-8H2,(H,20,21). The number of carboxylic acid groups (broad SMARTS) is 1. The molecule has 0 bridgehead atoms. The Labute approximate surface area is 135 Å². The van der Waals surface area contributed by atoms with Crippen molar-refractivity contribution in [3.63, 3.8) is 0 Å². The summed E-state index contributed by atoms with van der Waals surface area (Å²) in [6, 6.07) is 3.51. The summed E-state index contributed by atoms with van der Waals surface area (Å²) in [7, 11) is -5.45. The fourth-order valence-corrected chi connectivity index (χ4v) is 3.18. The van der Waals surface area contributed by atoms with Gasteiger partial charge in [-0.2, -0.15) is 13.2 Å². The highest BCUT2D eigenvalue weighted by Gasteiger charge is 2.46. The number of carbonyl (C=O) groups is 2. The summed E-state index contributed by atoms with van der Waals surface area (Å²) < 4.78 is 59.9. The molecule has 0 aliphatic carbocycles. The molecule has 0 atom stereocenters. The minimum absolute atomic E-state index is 0.0462. The second kappa shape index (κ2) is 6.42. The minimum atomic E-state index is -5.45. The maximum absolute atomic E-state index is 12.5. The lowest BCUT2D eigenvalue weighted by Gasteiger charge is -2.30. The van der Waals surface area contributed by atoms with Crippen molar-refractivity contribution in [2.24, 2.45) is 5.92 Å². The van der Waals surface area contributed by atoms with Crippen molar-refractivity contribution in [3.05, 3.63) is 29.8 Å². The van der Waals surface area contributed by atoms with Gasteiger partial charge in [0.25, 0.3) is 15.7 Å². The van der Waals surface area contributed by atoms with E-state index in [1.54, 1.807) is 0 Å². The van der Waals surface area contributed by atoms with Gasteiger partial charge in [-0.1, -0.05) is 0 Å². The molecule has 1 N–H and O–H groups in total. The Morgan fingerprint density at radius 3 is 2.00 bits per heavy atom. The lowest BCUT2D eigenvalue weighted by molar-refractivity contribution is -0.143. The van der Waals surface area contributed by atoms with Crippen LogP contribution >= 0.6 is 0 Å². The van der Waals surface area contributed by atoms with Crippen molar-refractivity contribution in [2.45, 2.75) is 23.2 Å². The number of hydrogen-bond acceptors (Lipinski definition) is 4. The number of piperidine rings is 1. The van der Waals surface area contributed by atoms with Crippen molar-refractivity contribution in [2.75, 3.05) is 13.1 Å². The molecule has 0 unspecified atom stereocenters. The third kappa shape index (κ3) is 3.53. The maximum atomic E-state index is 12.5. The Morgan fingerprint density at radius 1 is 1.08 bits per heavy atom. The molecule has 1 heterocycles. The number of carbonyl (C=O) groups excluding carboxylic acids is 1. The summed E-state index contributed by atoms with van der Waals surface area (Å²) in [6.45, 7) is 0.441. The van der Waals surface area contributed by atoms with Gasteiger partial charge in [0.05, 0.1) is 10.8 Å².